The summed E-state index contributed by atoms with van der Waals surface area (Å²) in [5.74, 6) is 1.60. The second-order valence-electron chi connectivity index (χ2n) is 5.90. The van der Waals surface area contributed by atoms with Crippen LogP contribution in [-0.2, 0) is 0 Å². The van der Waals surface area contributed by atoms with E-state index in [2.05, 4.69) is 15.5 Å². The zero-order chi connectivity index (χ0) is 19.2. The molecule has 1 aromatic heterocycles. The Hall–Kier alpha value is -3.15. The van der Waals surface area contributed by atoms with Crippen LogP contribution in [0.25, 0.3) is 11.3 Å². The Morgan fingerprint density at radius 2 is 1.61 bits per heavy atom. The summed E-state index contributed by atoms with van der Waals surface area (Å²) in [5, 5.41) is 7.64. The van der Waals surface area contributed by atoms with Gasteiger partial charge in [0.05, 0.1) is 11.9 Å². The maximum absolute atomic E-state index is 5.88. The van der Waals surface area contributed by atoms with E-state index >= 15 is 0 Å². The van der Waals surface area contributed by atoms with E-state index in [4.69, 9.17) is 16.3 Å². The summed E-state index contributed by atoms with van der Waals surface area (Å²) in [6.45, 7) is 0. The van der Waals surface area contributed by atoms with E-state index in [0.717, 1.165) is 33.5 Å². The molecule has 0 spiro atoms. The van der Waals surface area contributed by atoms with Gasteiger partial charge in [0.15, 0.2) is 0 Å². The van der Waals surface area contributed by atoms with Crippen molar-refractivity contribution in [2.75, 3.05) is 5.43 Å². The molecular weight excluding hydrogens is 390 g/mol. The third-order valence-corrected chi connectivity index (χ3v) is 4.88. The molecule has 28 heavy (non-hydrogen) atoms. The molecule has 0 aliphatic heterocycles. The second kappa shape index (κ2) is 8.69. The number of hydrogen-bond acceptors (Lipinski definition) is 5. The first-order chi connectivity index (χ1) is 13.8. The van der Waals surface area contributed by atoms with Crippen LogP contribution in [0.2, 0.25) is 5.02 Å². The van der Waals surface area contributed by atoms with Crippen molar-refractivity contribution in [2.24, 2.45) is 5.10 Å². The molecule has 0 saturated heterocycles. The zero-order valence-corrected chi connectivity index (χ0v) is 16.3. The molecule has 0 aliphatic rings. The van der Waals surface area contributed by atoms with Gasteiger partial charge in [-0.3, -0.25) is 5.43 Å². The average molecular weight is 406 g/mol. The maximum atomic E-state index is 5.88. The fourth-order valence-corrected chi connectivity index (χ4v) is 3.28. The van der Waals surface area contributed by atoms with E-state index in [0.29, 0.717) is 5.02 Å². The zero-order valence-electron chi connectivity index (χ0n) is 14.7. The normalized spacial score (nSPS) is 10.9. The lowest BCUT2D eigenvalue weighted by Crippen LogP contribution is -1.90. The number of hydrogen-bond donors (Lipinski definition) is 1. The molecule has 0 fully saturated rings. The van der Waals surface area contributed by atoms with Gasteiger partial charge in [-0.05, 0) is 54.1 Å². The first kappa shape index (κ1) is 18.2. The number of nitrogens with zero attached hydrogens (tertiary/aromatic N) is 2. The molecule has 1 N–H and O–H groups in total. The predicted molar refractivity (Wildman–Crippen MR) is 117 cm³/mol. The number of halogens is 1. The van der Waals surface area contributed by atoms with E-state index in [1.807, 2.05) is 84.2 Å². The number of thiazole rings is 1. The summed E-state index contributed by atoms with van der Waals surface area (Å²) in [4.78, 5) is 4.57. The van der Waals surface area contributed by atoms with Gasteiger partial charge in [0.1, 0.15) is 11.5 Å². The highest BCUT2D eigenvalue weighted by Gasteiger charge is 2.05. The predicted octanol–water partition coefficient (Wildman–Crippen LogP) is 6.70. The summed E-state index contributed by atoms with van der Waals surface area (Å²) in [6.07, 6.45) is 1.73. The van der Waals surface area contributed by atoms with Gasteiger partial charge in [0.2, 0.25) is 5.13 Å². The Labute approximate surface area is 172 Å². The Kier molecular flexibility index (Phi) is 5.66. The minimum Gasteiger partial charge on any atom is -0.457 e. The van der Waals surface area contributed by atoms with Crippen molar-refractivity contribution < 1.29 is 4.74 Å². The summed E-state index contributed by atoms with van der Waals surface area (Å²) in [6, 6.07) is 25.0. The lowest BCUT2D eigenvalue weighted by molar-refractivity contribution is 0.483. The van der Waals surface area contributed by atoms with Crippen LogP contribution in [0.4, 0.5) is 5.13 Å². The first-order valence-electron chi connectivity index (χ1n) is 8.60. The first-order valence-corrected chi connectivity index (χ1v) is 9.85. The van der Waals surface area contributed by atoms with Crippen molar-refractivity contribution in [3.8, 4) is 22.8 Å². The van der Waals surface area contributed by atoms with E-state index in [1.54, 1.807) is 6.21 Å². The van der Waals surface area contributed by atoms with Crippen molar-refractivity contribution in [3.05, 3.63) is 94.8 Å². The lowest BCUT2D eigenvalue weighted by atomic mass is 10.2. The Balaban J connectivity index is 1.39. The van der Waals surface area contributed by atoms with Crippen molar-refractivity contribution in [1.82, 2.24) is 4.98 Å². The Morgan fingerprint density at radius 1 is 0.893 bits per heavy atom. The van der Waals surface area contributed by atoms with Crippen LogP contribution in [0, 0.1) is 0 Å². The van der Waals surface area contributed by atoms with Gasteiger partial charge in [-0.1, -0.05) is 41.9 Å². The number of para-hydroxylation sites is 1. The van der Waals surface area contributed by atoms with Gasteiger partial charge in [0, 0.05) is 16.0 Å². The summed E-state index contributed by atoms with van der Waals surface area (Å²) in [5.41, 5.74) is 5.83. The van der Waals surface area contributed by atoms with Crippen molar-refractivity contribution in [3.63, 3.8) is 0 Å². The fourth-order valence-electron chi connectivity index (χ4n) is 2.49. The largest absolute Gasteiger partial charge is 0.457 e. The number of rotatable bonds is 6. The minimum atomic E-state index is 0.704. The number of ether oxygens (including phenoxy) is 1. The third kappa shape index (κ3) is 4.76. The molecule has 3 aromatic carbocycles. The highest BCUT2D eigenvalue weighted by Crippen LogP contribution is 2.28. The second-order valence-corrected chi connectivity index (χ2v) is 7.19. The topological polar surface area (TPSA) is 46.5 Å². The van der Waals surface area contributed by atoms with Crippen molar-refractivity contribution >= 4 is 34.3 Å². The van der Waals surface area contributed by atoms with Crippen molar-refractivity contribution in [1.29, 1.82) is 0 Å². The molecule has 4 rings (SSSR count). The van der Waals surface area contributed by atoms with Crippen LogP contribution in [0.3, 0.4) is 0 Å². The quantitative estimate of drug-likeness (QED) is 0.286. The molecule has 4 aromatic rings. The number of aromatic nitrogens is 1. The van der Waals surface area contributed by atoms with Gasteiger partial charge < -0.3 is 4.74 Å². The van der Waals surface area contributed by atoms with Gasteiger partial charge in [-0.25, -0.2) is 4.98 Å². The van der Waals surface area contributed by atoms with Gasteiger partial charge in [-0.2, -0.15) is 5.10 Å². The molecule has 138 valence electrons. The molecule has 0 amide bonds. The highest BCUT2D eigenvalue weighted by atomic mass is 35.5. The van der Waals surface area contributed by atoms with Crippen LogP contribution >= 0.6 is 22.9 Å². The van der Waals surface area contributed by atoms with Crippen LogP contribution in [0.5, 0.6) is 11.5 Å². The lowest BCUT2D eigenvalue weighted by Gasteiger charge is -2.05. The third-order valence-electron chi connectivity index (χ3n) is 3.88. The number of hydrazone groups is 1. The van der Waals surface area contributed by atoms with E-state index in [-0.39, 0.29) is 0 Å². The molecule has 0 unspecified atom stereocenters. The molecule has 1 heterocycles. The summed E-state index contributed by atoms with van der Waals surface area (Å²) in [7, 11) is 0. The van der Waals surface area contributed by atoms with Gasteiger partial charge in [-0.15, -0.1) is 11.3 Å². The number of benzene rings is 3. The summed E-state index contributed by atoms with van der Waals surface area (Å²) >= 11 is 7.38. The molecule has 4 nitrogen and oxygen atoms in total. The van der Waals surface area contributed by atoms with E-state index in [9.17, 15) is 0 Å². The minimum absolute atomic E-state index is 0.704. The molecule has 6 heteroatoms. The average Bonchev–Trinajstić information content (AvgIpc) is 3.20. The van der Waals surface area contributed by atoms with Gasteiger partial charge >= 0.3 is 0 Å². The highest BCUT2D eigenvalue weighted by molar-refractivity contribution is 7.14. The maximum Gasteiger partial charge on any atom is 0.203 e. The Bertz CT molecular complexity index is 1060. The van der Waals surface area contributed by atoms with Crippen LogP contribution in [0.15, 0.2) is 89.3 Å². The number of anilines is 1. The SMILES string of the molecule is Clc1ccc(C=NNc2nc(-c3ccc(Oc4ccccc4)cc3)cs2)cc1. The van der Waals surface area contributed by atoms with Crippen LogP contribution in [-0.4, -0.2) is 11.2 Å². The molecular formula is C22H16ClN3OS. The fraction of sp³-hybridized carbons (Fsp3) is 0. The van der Waals surface area contributed by atoms with Crippen molar-refractivity contribution in [2.45, 2.75) is 0 Å². The molecule has 0 radical (unpaired) electrons. The van der Waals surface area contributed by atoms with Crippen LogP contribution in [0.1, 0.15) is 5.56 Å². The molecule has 0 aliphatic carbocycles. The monoisotopic (exact) mass is 405 g/mol. The van der Waals surface area contributed by atoms with E-state index in [1.165, 1.54) is 11.3 Å². The van der Waals surface area contributed by atoms with E-state index < -0.39 is 0 Å². The molecule has 0 atom stereocenters. The van der Waals surface area contributed by atoms with Crippen LogP contribution < -0.4 is 10.2 Å². The Morgan fingerprint density at radius 3 is 2.36 bits per heavy atom. The number of nitrogens with one attached hydrogen (secondary N) is 1. The smallest absolute Gasteiger partial charge is 0.203 e. The van der Waals surface area contributed by atoms with Gasteiger partial charge in [0.25, 0.3) is 0 Å². The standard InChI is InChI=1S/C22H16ClN3OS/c23-18-10-6-16(7-11-18)14-24-26-22-25-21(15-28-22)17-8-12-20(13-9-17)27-19-4-2-1-3-5-19/h1-15H,(H,25,26). The molecule has 0 saturated carbocycles. The summed E-state index contributed by atoms with van der Waals surface area (Å²) < 4.78 is 5.82. The molecule has 0 bridgehead atoms.